The molecule has 1 heterocycles. The van der Waals surface area contributed by atoms with E-state index in [-0.39, 0.29) is 0 Å². The molecular weight excluding hydrogens is 475 g/mol. The van der Waals surface area contributed by atoms with Gasteiger partial charge in [0, 0.05) is 64.8 Å². The molecule has 0 aromatic heterocycles. The van der Waals surface area contributed by atoms with Crippen LogP contribution in [0, 0.1) is 0 Å². The van der Waals surface area contributed by atoms with Gasteiger partial charge in [0.25, 0.3) is 0 Å². The second kappa shape index (κ2) is 21.8. The van der Waals surface area contributed by atoms with E-state index in [1.165, 1.54) is 57.4 Å². The molecule has 0 spiro atoms. The van der Waals surface area contributed by atoms with Crippen molar-refractivity contribution in [2.75, 3.05) is 47.3 Å². The predicted molar refractivity (Wildman–Crippen MR) is 166 cm³/mol. The highest BCUT2D eigenvalue weighted by atomic mass is 19.1. The largest absolute Gasteiger partial charge is 0.348 e. The number of hydrogen-bond acceptors (Lipinski definition) is 6. The highest BCUT2D eigenvalue weighted by molar-refractivity contribution is 5.26. The van der Waals surface area contributed by atoms with Gasteiger partial charge in [0.05, 0.1) is 0 Å². The quantitative estimate of drug-likeness (QED) is 0.176. The molecule has 218 valence electrons. The van der Waals surface area contributed by atoms with Crippen LogP contribution in [0.5, 0.6) is 0 Å². The van der Waals surface area contributed by atoms with Crippen LogP contribution in [0.4, 0.5) is 4.39 Å². The van der Waals surface area contributed by atoms with Crippen molar-refractivity contribution in [3.8, 4) is 0 Å². The minimum atomic E-state index is -0.393. The summed E-state index contributed by atoms with van der Waals surface area (Å²) >= 11 is 0. The van der Waals surface area contributed by atoms with Gasteiger partial charge in [-0.3, -0.25) is 9.89 Å². The standard InChI is InChI=1S/C16H28FN3.C11H18N2.C4H11N/c1-6-15(8-7-14(2)17)13-20-11-9-16(10-12-20)19(5)18(3)4;1-4-13(10(2)9-12-3)11-7-5-6-8-11;1-2-3-4-5/h6-8,16H,2,9-13H2,1,3-5H3;4,9,11H,1,3,5-8H2,2H3;2-5H2,1H3/b8-7-,15-6+;10-9+;. The molecule has 1 aliphatic heterocycles. The molecule has 0 aromatic carbocycles. The zero-order chi connectivity index (χ0) is 28.9. The molecule has 1 aliphatic carbocycles. The van der Waals surface area contributed by atoms with Crippen LogP contribution in [0.1, 0.15) is 72.1 Å². The topological polar surface area (TPSA) is 51.3 Å². The van der Waals surface area contributed by atoms with Gasteiger partial charge >= 0.3 is 0 Å². The van der Waals surface area contributed by atoms with Crippen LogP contribution in [0.15, 0.2) is 65.9 Å². The molecule has 0 radical (unpaired) electrons. The Labute approximate surface area is 234 Å². The molecule has 0 atom stereocenters. The number of likely N-dealkylation sites (tertiary alicyclic amines) is 1. The van der Waals surface area contributed by atoms with E-state index < -0.39 is 5.83 Å². The first kappa shape index (κ1) is 35.9. The zero-order valence-corrected chi connectivity index (χ0v) is 25.3. The lowest BCUT2D eigenvalue weighted by Crippen LogP contribution is -2.48. The van der Waals surface area contributed by atoms with Crippen molar-refractivity contribution in [1.82, 2.24) is 19.8 Å². The van der Waals surface area contributed by atoms with Crippen molar-refractivity contribution in [3.63, 3.8) is 0 Å². The molecule has 0 bridgehead atoms. The highest BCUT2D eigenvalue weighted by Gasteiger charge is 2.23. The SMILES string of the molecule is C=C(F)/C=C\C(=C/C)CN1CCC(N(C)N(C)C)CC1.C=CN(/C(C)=C/N=C)C1CCCC1.CCCCN. The average molecular weight is 533 g/mol. The van der Waals surface area contributed by atoms with Gasteiger partial charge < -0.3 is 10.6 Å². The average Bonchev–Trinajstić information content (AvgIpc) is 3.43. The summed E-state index contributed by atoms with van der Waals surface area (Å²) in [6, 6.07) is 1.26. The van der Waals surface area contributed by atoms with E-state index in [4.69, 9.17) is 5.73 Å². The summed E-state index contributed by atoms with van der Waals surface area (Å²) in [6.07, 6.45) is 18.9. The smallest absolute Gasteiger partial charge is 0.116 e. The lowest BCUT2D eigenvalue weighted by Gasteiger charge is -2.39. The van der Waals surface area contributed by atoms with Crippen LogP contribution in [0.25, 0.3) is 0 Å². The Kier molecular flexibility index (Phi) is 20.6. The summed E-state index contributed by atoms with van der Waals surface area (Å²) in [7, 11) is 6.31. The van der Waals surface area contributed by atoms with Gasteiger partial charge in [-0.25, -0.2) is 14.4 Å². The molecular formula is C31H57FN6. The third kappa shape index (κ3) is 15.4. The molecule has 7 heteroatoms. The number of nitrogens with two attached hydrogens (primary N) is 1. The summed E-state index contributed by atoms with van der Waals surface area (Å²) in [5.41, 5.74) is 7.42. The Morgan fingerprint density at radius 3 is 2.08 bits per heavy atom. The van der Waals surface area contributed by atoms with Crippen molar-refractivity contribution < 1.29 is 4.39 Å². The third-order valence-corrected chi connectivity index (χ3v) is 7.13. The predicted octanol–water partition coefficient (Wildman–Crippen LogP) is 6.53. The second-order valence-corrected chi connectivity index (χ2v) is 10.2. The third-order valence-electron chi connectivity index (χ3n) is 7.13. The minimum Gasteiger partial charge on any atom is -0.348 e. The van der Waals surface area contributed by atoms with Crippen molar-refractivity contribution in [1.29, 1.82) is 0 Å². The van der Waals surface area contributed by atoms with Crippen LogP contribution in [-0.2, 0) is 0 Å². The van der Waals surface area contributed by atoms with E-state index in [1.807, 2.05) is 25.3 Å². The summed E-state index contributed by atoms with van der Waals surface area (Å²) in [5, 5.41) is 4.45. The number of nitrogens with zero attached hydrogens (tertiary/aromatic N) is 5. The molecule has 0 aromatic rings. The fraction of sp³-hybridized carbons (Fsp3) is 0.645. The van der Waals surface area contributed by atoms with Crippen LogP contribution in [0.2, 0.25) is 0 Å². The number of unbranched alkanes of at least 4 members (excludes halogenated alkanes) is 1. The zero-order valence-electron chi connectivity index (χ0n) is 25.3. The summed E-state index contributed by atoms with van der Waals surface area (Å²) in [5.74, 6) is -0.393. The molecule has 2 aliphatic rings. The molecule has 2 N–H and O–H groups in total. The number of rotatable bonds is 12. The Bertz CT molecular complexity index is 741. The van der Waals surface area contributed by atoms with Crippen molar-refractivity contribution in [2.24, 2.45) is 10.7 Å². The Hall–Kier alpha value is -2.06. The number of piperidine rings is 1. The number of hydrogen-bond donors (Lipinski definition) is 1. The van der Waals surface area contributed by atoms with Crippen LogP contribution in [-0.4, -0.2) is 85.9 Å². The van der Waals surface area contributed by atoms with E-state index in [2.05, 4.69) is 79.7 Å². The Balaban J connectivity index is 0.000000648. The van der Waals surface area contributed by atoms with Crippen LogP contribution < -0.4 is 5.73 Å². The lowest BCUT2D eigenvalue weighted by atomic mass is 10.0. The first-order valence-electron chi connectivity index (χ1n) is 14.2. The molecule has 6 nitrogen and oxygen atoms in total. The van der Waals surface area contributed by atoms with Crippen molar-refractivity contribution in [2.45, 2.75) is 84.2 Å². The van der Waals surface area contributed by atoms with Gasteiger partial charge in [0.2, 0.25) is 0 Å². The molecule has 38 heavy (non-hydrogen) atoms. The van der Waals surface area contributed by atoms with Crippen molar-refractivity contribution >= 4 is 6.72 Å². The number of allylic oxidation sites excluding steroid dienone is 4. The van der Waals surface area contributed by atoms with Crippen molar-refractivity contribution in [3.05, 3.63) is 60.9 Å². The molecule has 1 saturated carbocycles. The Morgan fingerprint density at radius 2 is 1.68 bits per heavy atom. The van der Waals surface area contributed by atoms with Gasteiger partial charge in [-0.05, 0) is 77.1 Å². The molecule has 2 rings (SSSR count). The van der Waals surface area contributed by atoms with E-state index in [9.17, 15) is 4.39 Å². The maximum atomic E-state index is 12.7. The first-order chi connectivity index (χ1) is 18.1. The molecule has 0 unspecified atom stereocenters. The molecule has 0 amide bonds. The lowest BCUT2D eigenvalue weighted by molar-refractivity contribution is -0.0151. The minimum absolute atomic E-state index is 0.393. The van der Waals surface area contributed by atoms with Gasteiger partial charge in [-0.15, -0.1) is 0 Å². The molecule has 1 saturated heterocycles. The fourth-order valence-corrected chi connectivity index (χ4v) is 4.64. The Morgan fingerprint density at radius 1 is 1.08 bits per heavy atom. The van der Waals surface area contributed by atoms with E-state index in [1.54, 1.807) is 6.20 Å². The fourth-order valence-electron chi connectivity index (χ4n) is 4.64. The monoisotopic (exact) mass is 532 g/mol. The number of aliphatic imine (C=N–C) groups is 1. The van der Waals surface area contributed by atoms with Gasteiger partial charge in [-0.2, -0.15) is 0 Å². The van der Waals surface area contributed by atoms with E-state index in [0.717, 1.165) is 37.4 Å². The summed E-state index contributed by atoms with van der Waals surface area (Å²) in [4.78, 5) is 8.42. The van der Waals surface area contributed by atoms with E-state index in [0.29, 0.717) is 12.1 Å². The van der Waals surface area contributed by atoms with E-state index >= 15 is 0 Å². The van der Waals surface area contributed by atoms with Gasteiger partial charge in [0.1, 0.15) is 5.83 Å². The normalized spacial score (nSPS) is 17.7. The highest BCUT2D eigenvalue weighted by Crippen LogP contribution is 2.26. The summed E-state index contributed by atoms with van der Waals surface area (Å²) < 4.78 is 12.7. The van der Waals surface area contributed by atoms with Crippen LogP contribution >= 0.6 is 0 Å². The maximum absolute atomic E-state index is 12.7. The van der Waals surface area contributed by atoms with Crippen LogP contribution in [0.3, 0.4) is 0 Å². The van der Waals surface area contributed by atoms with Gasteiger partial charge in [0.15, 0.2) is 0 Å². The first-order valence-corrected chi connectivity index (χ1v) is 14.2. The summed E-state index contributed by atoms with van der Waals surface area (Å²) in [6.45, 7) is 20.6. The second-order valence-electron chi connectivity index (χ2n) is 10.2. The molecule has 2 fully saturated rings. The number of halogens is 1. The van der Waals surface area contributed by atoms with Gasteiger partial charge in [-0.1, -0.05) is 51.5 Å². The maximum Gasteiger partial charge on any atom is 0.116 e. The number of hydrazine groups is 1.